The minimum Gasteiger partial charge on any atom is -0.449 e. The number of cyclic esters (lactones) is 1. The van der Waals surface area contributed by atoms with Gasteiger partial charge in [0.05, 0.1) is 16.4 Å². The molecule has 1 aromatic rings. The minimum atomic E-state index is -1.04. The number of benzene rings is 1. The summed E-state index contributed by atoms with van der Waals surface area (Å²) in [4.78, 5) is 14.4. The number of carbonyl (C=O) groups is 1. The third-order valence-corrected chi connectivity index (χ3v) is 13.8. The first-order valence-electron chi connectivity index (χ1n) is 24.0. The molecule has 0 saturated carbocycles. The number of hydrogen-bond acceptors (Lipinski definition) is 4. The quantitative estimate of drug-likeness (QED) is 0.0603. The van der Waals surface area contributed by atoms with Crippen LogP contribution < -0.4 is 11.5 Å². The lowest BCUT2D eigenvalue weighted by Crippen LogP contribution is -2.67. The second-order valence-electron chi connectivity index (χ2n) is 18.0. The topological polar surface area (TPSA) is 78.3 Å². The summed E-state index contributed by atoms with van der Waals surface area (Å²) in [6.07, 6.45) is 47.8. The molecule has 56 heavy (non-hydrogen) atoms. The molecule has 1 heterocycles. The molecule has 314 valence electrons. The van der Waals surface area contributed by atoms with Gasteiger partial charge in [-0.1, -0.05) is 235 Å². The number of allylic oxidation sites excluding steroid dienone is 4. The largest absolute Gasteiger partial charge is 0.449 e. The fourth-order valence-corrected chi connectivity index (χ4v) is 10.4. The van der Waals surface area contributed by atoms with Crippen LogP contribution in [0, 0.1) is 10.8 Å². The predicted molar refractivity (Wildman–Crippen MR) is 241 cm³/mol. The lowest BCUT2D eigenvalue weighted by Gasteiger charge is -2.60. The smallest absolute Gasteiger partial charge is 0.339 e. The van der Waals surface area contributed by atoms with E-state index in [4.69, 9.17) is 16.2 Å². The molecule has 1 aliphatic heterocycles. The van der Waals surface area contributed by atoms with Gasteiger partial charge in [0.15, 0.2) is 5.60 Å². The summed E-state index contributed by atoms with van der Waals surface area (Å²) >= 11 is 0. The van der Waals surface area contributed by atoms with E-state index < -0.39 is 16.4 Å². The molecule has 0 aromatic heterocycles. The van der Waals surface area contributed by atoms with Gasteiger partial charge in [-0.15, -0.1) is 0 Å². The Balaban J connectivity index is 1.79. The van der Waals surface area contributed by atoms with Crippen molar-refractivity contribution < 1.29 is 9.53 Å². The Morgan fingerprint density at radius 2 is 0.893 bits per heavy atom. The van der Waals surface area contributed by atoms with Crippen LogP contribution in [0.25, 0.3) is 0 Å². The van der Waals surface area contributed by atoms with E-state index in [-0.39, 0.29) is 18.1 Å². The van der Waals surface area contributed by atoms with Crippen molar-refractivity contribution in [2.45, 2.75) is 225 Å². The molecule has 4 rings (SSSR count). The zero-order valence-electron chi connectivity index (χ0n) is 36.7. The molecule has 0 saturated heterocycles. The molecule has 0 bridgehead atoms. The Kier molecular flexibility index (Phi) is 20.2. The zero-order chi connectivity index (χ0) is 40.1. The van der Waals surface area contributed by atoms with E-state index in [0.717, 1.165) is 56.9 Å². The number of unbranched alkanes of at least 4 members (excludes halogenated alkanes) is 20. The molecule has 4 unspecified atom stereocenters. The number of carbonyl (C=O) groups excluding carboxylic acids is 1. The van der Waals surface area contributed by atoms with Gasteiger partial charge in [-0.05, 0) is 44.6 Å². The van der Waals surface area contributed by atoms with Gasteiger partial charge in [0.2, 0.25) is 0 Å². The van der Waals surface area contributed by atoms with Crippen molar-refractivity contribution in [3.05, 3.63) is 83.0 Å². The van der Waals surface area contributed by atoms with Gasteiger partial charge in [0.25, 0.3) is 0 Å². The van der Waals surface area contributed by atoms with Crippen molar-refractivity contribution in [1.82, 2.24) is 0 Å². The van der Waals surface area contributed by atoms with Crippen molar-refractivity contribution in [2.75, 3.05) is 0 Å². The number of fused-ring (bicyclic) bond motifs is 1. The standard InChI is InChI=1S/C52H84N2O2/c1-5-9-13-17-21-25-31-43-35-39-50(47(53)41-43,37-29-23-19-15-11-7-3)52(46-34-28-27-33-45(46)49(55)56-52)51(38-30-24-20-16-12-8-4)40-36-44(42-48(51)54)32-26-22-18-14-10-6-2/h27-28,33-36,39-42,47-48H,5-26,29-32,37-38,53-54H2,1-4H3. The molecule has 4 nitrogen and oxygen atoms in total. The van der Waals surface area contributed by atoms with Gasteiger partial charge < -0.3 is 16.2 Å². The number of esters is 1. The summed E-state index contributed by atoms with van der Waals surface area (Å²) in [5.41, 5.74) is 17.3. The number of nitrogens with two attached hydrogens (primary N) is 2. The van der Waals surface area contributed by atoms with Crippen molar-refractivity contribution in [1.29, 1.82) is 0 Å². The van der Waals surface area contributed by atoms with Gasteiger partial charge >= 0.3 is 5.97 Å². The van der Waals surface area contributed by atoms with Gasteiger partial charge in [-0.25, -0.2) is 4.79 Å². The van der Waals surface area contributed by atoms with Crippen LogP contribution in [0.15, 0.2) is 71.9 Å². The lowest BCUT2D eigenvalue weighted by molar-refractivity contribution is -0.158. The number of hydrogen-bond donors (Lipinski definition) is 2. The molecule has 2 aliphatic carbocycles. The number of rotatable bonds is 30. The van der Waals surface area contributed by atoms with Crippen LogP contribution >= 0.6 is 0 Å². The highest BCUT2D eigenvalue weighted by atomic mass is 16.6. The first-order valence-corrected chi connectivity index (χ1v) is 24.0. The Morgan fingerprint density at radius 3 is 1.30 bits per heavy atom. The Morgan fingerprint density at radius 1 is 0.518 bits per heavy atom. The molecular weight excluding hydrogens is 685 g/mol. The van der Waals surface area contributed by atoms with E-state index in [2.05, 4.69) is 76.3 Å². The van der Waals surface area contributed by atoms with Crippen LogP contribution in [0.2, 0.25) is 0 Å². The van der Waals surface area contributed by atoms with Crippen LogP contribution in [0.4, 0.5) is 0 Å². The summed E-state index contributed by atoms with van der Waals surface area (Å²) in [5, 5.41) is 0. The molecule has 3 aliphatic rings. The zero-order valence-corrected chi connectivity index (χ0v) is 36.7. The average Bonchev–Trinajstić information content (AvgIpc) is 3.52. The predicted octanol–water partition coefficient (Wildman–Crippen LogP) is 14.7. The van der Waals surface area contributed by atoms with Gasteiger partial charge in [-0.2, -0.15) is 0 Å². The van der Waals surface area contributed by atoms with E-state index in [9.17, 15) is 4.79 Å². The maximum Gasteiger partial charge on any atom is 0.339 e. The Labute approximate surface area is 344 Å². The first-order chi connectivity index (χ1) is 27.4. The SMILES string of the molecule is CCCCCCCCC1=CC(N)C(CCCCCCCC)(C2(C3(CCCCCCCC)C=CC(CCCCCCCC)=CC3N)OC(=O)c3ccccc32)C=C1. The van der Waals surface area contributed by atoms with Crippen LogP contribution in [-0.2, 0) is 10.3 Å². The Bertz CT molecular complexity index is 1350. The second-order valence-corrected chi connectivity index (χ2v) is 18.0. The normalized spacial score (nSPS) is 25.6. The van der Waals surface area contributed by atoms with Crippen LogP contribution in [0.5, 0.6) is 0 Å². The van der Waals surface area contributed by atoms with E-state index in [0.29, 0.717) is 5.56 Å². The highest BCUT2D eigenvalue weighted by Gasteiger charge is 2.71. The summed E-state index contributed by atoms with van der Waals surface area (Å²) in [5.74, 6) is -0.227. The van der Waals surface area contributed by atoms with Crippen LogP contribution in [-0.4, -0.2) is 18.1 Å². The molecule has 4 heteroatoms. The summed E-state index contributed by atoms with van der Waals surface area (Å²) in [6, 6.07) is 7.62. The highest BCUT2D eigenvalue weighted by Crippen LogP contribution is 2.66. The minimum absolute atomic E-state index is 0.227. The average molecular weight is 769 g/mol. The van der Waals surface area contributed by atoms with Crippen molar-refractivity contribution in [3.63, 3.8) is 0 Å². The van der Waals surface area contributed by atoms with Crippen molar-refractivity contribution in [2.24, 2.45) is 22.3 Å². The van der Waals surface area contributed by atoms with Crippen LogP contribution in [0.3, 0.4) is 0 Å². The maximum absolute atomic E-state index is 14.4. The third-order valence-electron chi connectivity index (χ3n) is 13.8. The fourth-order valence-electron chi connectivity index (χ4n) is 10.4. The fraction of sp³-hybridized carbons (Fsp3) is 0.712. The summed E-state index contributed by atoms with van der Waals surface area (Å²) in [6.45, 7) is 9.12. The molecule has 0 amide bonds. The van der Waals surface area contributed by atoms with Crippen molar-refractivity contribution in [3.8, 4) is 0 Å². The third kappa shape index (κ3) is 11.4. The van der Waals surface area contributed by atoms with Crippen molar-refractivity contribution >= 4 is 5.97 Å². The monoisotopic (exact) mass is 769 g/mol. The van der Waals surface area contributed by atoms with E-state index in [1.807, 2.05) is 12.1 Å². The highest BCUT2D eigenvalue weighted by molar-refractivity contribution is 5.95. The maximum atomic E-state index is 14.4. The van der Waals surface area contributed by atoms with Crippen LogP contribution in [0.1, 0.15) is 223 Å². The first kappa shape index (κ1) is 46.3. The second kappa shape index (κ2) is 24.5. The summed E-state index contributed by atoms with van der Waals surface area (Å²) < 4.78 is 7.22. The lowest BCUT2D eigenvalue weighted by atomic mass is 9.47. The van der Waals surface area contributed by atoms with E-state index in [1.54, 1.807) is 0 Å². The Hall–Kier alpha value is -2.43. The van der Waals surface area contributed by atoms with Gasteiger partial charge in [-0.3, -0.25) is 0 Å². The molecule has 4 atom stereocenters. The number of ether oxygens (including phenoxy) is 1. The van der Waals surface area contributed by atoms with E-state index in [1.165, 1.54) is 140 Å². The molecule has 0 fully saturated rings. The molecule has 1 aromatic carbocycles. The molecule has 4 N–H and O–H groups in total. The molecule has 0 radical (unpaired) electrons. The van der Waals surface area contributed by atoms with E-state index >= 15 is 0 Å². The molecule has 0 spiro atoms. The summed E-state index contributed by atoms with van der Waals surface area (Å²) in [7, 11) is 0. The van der Waals surface area contributed by atoms with Gasteiger partial charge in [0.1, 0.15) is 0 Å². The van der Waals surface area contributed by atoms with Gasteiger partial charge in [0, 0.05) is 17.6 Å². The molecular formula is C52H84N2O2.